The van der Waals surface area contributed by atoms with Gasteiger partial charge in [-0.15, -0.1) is 11.3 Å². The molecule has 2 aromatic heterocycles. The maximum Gasteiger partial charge on any atom is 0.253 e. The van der Waals surface area contributed by atoms with E-state index in [2.05, 4.69) is 4.98 Å². The number of hydrogen-bond acceptors (Lipinski definition) is 4. The number of thiophene rings is 1. The van der Waals surface area contributed by atoms with Gasteiger partial charge in [-0.3, -0.25) is 9.69 Å². The number of carbonyl (C=O) groups is 1. The molecular weight excluding hydrogens is 376 g/mol. The fraction of sp³-hybridized carbons (Fsp3) is 0.222. The molecule has 0 bridgehead atoms. The number of thiazole rings is 1. The molecule has 136 valence electrons. The van der Waals surface area contributed by atoms with Crippen LogP contribution in [0.3, 0.4) is 0 Å². The van der Waals surface area contributed by atoms with Gasteiger partial charge in [0.05, 0.1) is 31.9 Å². The van der Waals surface area contributed by atoms with Gasteiger partial charge in [-0.2, -0.15) is 0 Å². The fourth-order valence-electron chi connectivity index (χ4n) is 2.33. The van der Waals surface area contributed by atoms with Crippen molar-refractivity contribution in [3.8, 4) is 0 Å². The predicted octanol–water partition coefficient (Wildman–Crippen LogP) is 2.83. The molecule has 0 spiro atoms. The molecule has 4 nitrogen and oxygen atoms in total. The Morgan fingerprint density at radius 3 is 2.85 bits per heavy atom. The first-order chi connectivity index (χ1) is 12.4. The van der Waals surface area contributed by atoms with Crippen LogP contribution >= 0.6 is 22.7 Å². The molecule has 0 saturated carbocycles. The van der Waals surface area contributed by atoms with Gasteiger partial charge in [0.1, 0.15) is 11.3 Å². The van der Waals surface area contributed by atoms with Crippen LogP contribution in [-0.4, -0.2) is 38.1 Å². The van der Waals surface area contributed by atoms with Crippen molar-refractivity contribution in [1.29, 1.82) is 0 Å². The summed E-state index contributed by atoms with van der Waals surface area (Å²) >= 11 is 2.64. The Morgan fingerprint density at radius 1 is 1.35 bits per heavy atom. The molecule has 1 N–H and O–H groups in total. The molecule has 0 aliphatic carbocycles. The number of nitrogens with zero attached hydrogens (tertiary/aromatic N) is 2. The molecule has 0 unspecified atom stereocenters. The number of carbonyl (C=O) groups excluding carboxylic acids is 1. The van der Waals surface area contributed by atoms with Crippen molar-refractivity contribution in [3.63, 3.8) is 0 Å². The van der Waals surface area contributed by atoms with Crippen LogP contribution in [0.25, 0.3) is 16.3 Å². The van der Waals surface area contributed by atoms with E-state index in [4.69, 9.17) is 0 Å². The number of benzene rings is 1. The monoisotopic (exact) mass is 394 g/mol. The normalized spacial score (nSPS) is 11.7. The van der Waals surface area contributed by atoms with Crippen molar-refractivity contribution >= 4 is 50.0 Å². The van der Waals surface area contributed by atoms with E-state index in [9.17, 15) is 13.6 Å². The third kappa shape index (κ3) is 4.32. The Labute approximate surface area is 158 Å². The van der Waals surface area contributed by atoms with Crippen molar-refractivity contribution in [2.45, 2.75) is 0 Å². The van der Waals surface area contributed by atoms with Crippen LogP contribution < -0.4 is 9.80 Å². The summed E-state index contributed by atoms with van der Waals surface area (Å²) in [5.41, 5.74) is 0.0867. The number of anilines is 1. The second kappa shape index (κ2) is 8.03. The maximum atomic E-state index is 14.0. The number of nitrogens with one attached hydrogen (secondary N) is 1. The zero-order valence-corrected chi connectivity index (χ0v) is 16.0. The van der Waals surface area contributed by atoms with Crippen molar-refractivity contribution in [2.75, 3.05) is 32.1 Å². The fourth-order valence-corrected chi connectivity index (χ4v) is 3.98. The lowest BCUT2D eigenvalue weighted by Crippen LogP contribution is -3.06. The van der Waals surface area contributed by atoms with E-state index in [0.717, 1.165) is 22.3 Å². The molecule has 1 amide bonds. The van der Waals surface area contributed by atoms with Crippen molar-refractivity contribution in [3.05, 3.63) is 52.2 Å². The third-order valence-electron chi connectivity index (χ3n) is 3.67. The first kappa shape index (κ1) is 18.6. The standard InChI is InChI=1S/C18H17F2N3OS2/c1-22(2)7-8-23(16(24)6-5-13-4-3-9-25-13)18-21-17-14(20)10-12(19)11-15(17)26-18/h3-6,9-11H,7-8H2,1-2H3/p+1/b6-5+. The third-order valence-corrected chi connectivity index (χ3v) is 5.53. The minimum atomic E-state index is -0.720. The average Bonchev–Trinajstić information content (AvgIpc) is 3.22. The summed E-state index contributed by atoms with van der Waals surface area (Å²) in [6, 6.07) is 5.87. The number of hydrogen-bond donors (Lipinski definition) is 1. The quantitative estimate of drug-likeness (QED) is 0.653. The van der Waals surface area contributed by atoms with Gasteiger partial charge in [-0.25, -0.2) is 13.8 Å². The van der Waals surface area contributed by atoms with Gasteiger partial charge in [0.25, 0.3) is 5.91 Å². The first-order valence-electron chi connectivity index (χ1n) is 8.02. The zero-order chi connectivity index (χ0) is 18.7. The summed E-state index contributed by atoms with van der Waals surface area (Å²) in [5.74, 6) is -1.61. The summed E-state index contributed by atoms with van der Waals surface area (Å²) in [5, 5.41) is 2.30. The van der Waals surface area contributed by atoms with E-state index >= 15 is 0 Å². The summed E-state index contributed by atoms with van der Waals surface area (Å²) in [6.07, 6.45) is 3.23. The molecular formula is C18H18F2N3OS2+. The molecule has 0 aliphatic rings. The SMILES string of the molecule is C[NH+](C)CCN(C(=O)/C=C/c1cccs1)c1nc2c(F)cc(F)cc2s1. The number of aromatic nitrogens is 1. The summed E-state index contributed by atoms with van der Waals surface area (Å²) < 4.78 is 27.8. The Kier molecular flexibility index (Phi) is 5.75. The molecule has 0 radical (unpaired) electrons. The number of rotatable bonds is 6. The van der Waals surface area contributed by atoms with Crippen LogP contribution in [0.1, 0.15) is 4.88 Å². The van der Waals surface area contributed by atoms with Crippen molar-refractivity contribution in [1.82, 2.24) is 4.98 Å². The smallest absolute Gasteiger partial charge is 0.253 e. The van der Waals surface area contributed by atoms with Gasteiger partial charge in [0.15, 0.2) is 10.9 Å². The second-order valence-electron chi connectivity index (χ2n) is 6.03. The van der Waals surface area contributed by atoms with Crippen LogP contribution in [-0.2, 0) is 4.79 Å². The lowest BCUT2D eigenvalue weighted by atomic mass is 10.3. The highest BCUT2D eigenvalue weighted by molar-refractivity contribution is 7.22. The second-order valence-corrected chi connectivity index (χ2v) is 8.01. The van der Waals surface area contributed by atoms with E-state index in [1.165, 1.54) is 33.3 Å². The largest absolute Gasteiger partial charge is 0.338 e. The minimum Gasteiger partial charge on any atom is -0.338 e. The van der Waals surface area contributed by atoms with E-state index < -0.39 is 11.6 Å². The molecule has 0 saturated heterocycles. The van der Waals surface area contributed by atoms with Gasteiger partial charge in [0, 0.05) is 17.0 Å². The molecule has 0 fully saturated rings. The number of halogens is 2. The van der Waals surface area contributed by atoms with E-state index in [1.54, 1.807) is 6.08 Å². The summed E-state index contributed by atoms with van der Waals surface area (Å²) in [4.78, 5) is 20.6. The van der Waals surface area contributed by atoms with Gasteiger partial charge in [-0.05, 0) is 23.6 Å². The number of fused-ring (bicyclic) bond motifs is 1. The molecule has 26 heavy (non-hydrogen) atoms. The van der Waals surface area contributed by atoms with Gasteiger partial charge >= 0.3 is 0 Å². The van der Waals surface area contributed by atoms with Crippen LogP contribution in [0, 0.1) is 11.6 Å². The van der Waals surface area contributed by atoms with Crippen molar-refractivity contribution in [2.24, 2.45) is 0 Å². The lowest BCUT2D eigenvalue weighted by molar-refractivity contribution is -0.856. The number of amides is 1. The molecule has 0 aliphatic heterocycles. The van der Waals surface area contributed by atoms with Gasteiger partial charge in [-0.1, -0.05) is 17.4 Å². The van der Waals surface area contributed by atoms with Crippen LogP contribution in [0.15, 0.2) is 35.7 Å². The highest BCUT2D eigenvalue weighted by Gasteiger charge is 2.20. The van der Waals surface area contributed by atoms with Gasteiger partial charge < -0.3 is 4.90 Å². The van der Waals surface area contributed by atoms with Crippen LogP contribution in [0.5, 0.6) is 0 Å². The minimum absolute atomic E-state index is 0.0867. The Morgan fingerprint density at radius 2 is 2.15 bits per heavy atom. The average molecular weight is 394 g/mol. The molecule has 0 atom stereocenters. The molecule has 1 aromatic carbocycles. The predicted molar refractivity (Wildman–Crippen MR) is 103 cm³/mol. The molecule has 2 heterocycles. The highest BCUT2D eigenvalue weighted by atomic mass is 32.1. The summed E-state index contributed by atoms with van der Waals surface area (Å²) in [6.45, 7) is 1.13. The molecule has 3 aromatic rings. The molecule has 8 heteroatoms. The van der Waals surface area contributed by atoms with Crippen LogP contribution in [0.2, 0.25) is 0 Å². The van der Waals surface area contributed by atoms with Crippen molar-refractivity contribution < 1.29 is 18.5 Å². The lowest BCUT2D eigenvalue weighted by Gasteiger charge is -2.19. The topological polar surface area (TPSA) is 37.6 Å². The first-order valence-corrected chi connectivity index (χ1v) is 9.71. The van der Waals surface area contributed by atoms with E-state index in [1.807, 2.05) is 31.6 Å². The highest BCUT2D eigenvalue weighted by Crippen LogP contribution is 2.31. The van der Waals surface area contributed by atoms with Gasteiger partial charge in [0.2, 0.25) is 0 Å². The Bertz CT molecular complexity index is 935. The summed E-state index contributed by atoms with van der Waals surface area (Å²) in [7, 11) is 3.97. The van der Waals surface area contributed by atoms with Crippen LogP contribution in [0.4, 0.5) is 13.9 Å². The number of quaternary nitrogens is 1. The zero-order valence-electron chi connectivity index (χ0n) is 14.3. The van der Waals surface area contributed by atoms with E-state index in [-0.39, 0.29) is 11.4 Å². The number of likely N-dealkylation sites (N-methyl/N-ethyl adjacent to an activating group) is 1. The maximum absolute atomic E-state index is 14.0. The Balaban J connectivity index is 1.92. The molecule has 3 rings (SSSR count). The Hall–Kier alpha value is -2.16. The van der Waals surface area contributed by atoms with E-state index in [0.29, 0.717) is 22.9 Å².